The van der Waals surface area contributed by atoms with E-state index in [0.717, 1.165) is 0 Å². The fraction of sp³-hybridized carbons (Fsp3) is 0.875. The Kier molecular flexibility index (Phi) is 2.76. The molecule has 6 heteroatoms. The first-order chi connectivity index (χ1) is 6.29. The van der Waals surface area contributed by atoms with Crippen molar-refractivity contribution in [2.75, 3.05) is 7.05 Å². The Labute approximate surface area is 79.3 Å². The minimum absolute atomic E-state index is 0.105. The summed E-state index contributed by atoms with van der Waals surface area (Å²) in [6.45, 7) is 0. The number of carbonyl (C=O) groups is 1. The third-order valence-corrected chi connectivity index (χ3v) is 2.50. The highest BCUT2D eigenvalue weighted by Gasteiger charge is 2.54. The average Bonchev–Trinajstić information content (AvgIpc) is 1.96. The second-order valence-corrected chi connectivity index (χ2v) is 3.71. The summed E-state index contributed by atoms with van der Waals surface area (Å²) >= 11 is 0. The molecule has 3 nitrogen and oxygen atoms in total. The van der Waals surface area contributed by atoms with Gasteiger partial charge in [0.15, 0.2) is 0 Å². The average molecular weight is 211 g/mol. The van der Waals surface area contributed by atoms with Crippen LogP contribution in [0.4, 0.5) is 13.2 Å². The van der Waals surface area contributed by atoms with E-state index in [1.54, 1.807) is 0 Å². The topological polar surface area (TPSA) is 49.3 Å². The van der Waals surface area contributed by atoms with Gasteiger partial charge in [-0.1, -0.05) is 0 Å². The van der Waals surface area contributed by atoms with Crippen LogP contribution < -0.4 is 5.32 Å². The van der Waals surface area contributed by atoms with Crippen LogP contribution in [0.1, 0.15) is 19.3 Å². The van der Waals surface area contributed by atoms with Gasteiger partial charge >= 0.3 is 6.18 Å². The SMILES string of the molecule is CNC(=O)C1(CC(F)(F)F)CC(O)C1. The molecule has 0 heterocycles. The molecule has 0 aliphatic heterocycles. The molecule has 1 aliphatic carbocycles. The highest BCUT2D eigenvalue weighted by Crippen LogP contribution is 2.48. The molecule has 2 N–H and O–H groups in total. The van der Waals surface area contributed by atoms with E-state index in [2.05, 4.69) is 5.32 Å². The zero-order valence-electron chi connectivity index (χ0n) is 7.69. The maximum atomic E-state index is 12.1. The molecule has 0 atom stereocenters. The Morgan fingerprint density at radius 3 is 2.36 bits per heavy atom. The Hall–Kier alpha value is -0.780. The molecule has 0 aromatic rings. The van der Waals surface area contributed by atoms with Crippen LogP contribution in [0.15, 0.2) is 0 Å². The fourth-order valence-electron chi connectivity index (χ4n) is 1.90. The van der Waals surface area contributed by atoms with Crippen LogP contribution in [0.2, 0.25) is 0 Å². The van der Waals surface area contributed by atoms with E-state index in [4.69, 9.17) is 5.11 Å². The second kappa shape index (κ2) is 3.42. The van der Waals surface area contributed by atoms with Crippen molar-refractivity contribution in [3.05, 3.63) is 0 Å². The number of amides is 1. The van der Waals surface area contributed by atoms with Gasteiger partial charge in [-0.2, -0.15) is 13.2 Å². The summed E-state index contributed by atoms with van der Waals surface area (Å²) in [6, 6.07) is 0. The molecule has 0 bridgehead atoms. The van der Waals surface area contributed by atoms with Crippen LogP contribution in [0, 0.1) is 5.41 Å². The van der Waals surface area contributed by atoms with Crippen LogP contribution in [-0.4, -0.2) is 30.3 Å². The normalized spacial score (nSPS) is 32.2. The molecule has 0 radical (unpaired) electrons. The van der Waals surface area contributed by atoms with Crippen molar-refractivity contribution >= 4 is 5.91 Å². The Balaban J connectivity index is 2.70. The molecule has 0 saturated heterocycles. The lowest BCUT2D eigenvalue weighted by Gasteiger charge is -2.43. The quantitative estimate of drug-likeness (QED) is 0.710. The van der Waals surface area contributed by atoms with Gasteiger partial charge in [0.05, 0.1) is 17.9 Å². The Morgan fingerprint density at radius 2 is 2.07 bits per heavy atom. The van der Waals surface area contributed by atoms with Crippen molar-refractivity contribution < 1.29 is 23.1 Å². The third kappa shape index (κ3) is 2.17. The van der Waals surface area contributed by atoms with Gasteiger partial charge in [-0.25, -0.2) is 0 Å². The monoisotopic (exact) mass is 211 g/mol. The fourth-order valence-corrected chi connectivity index (χ4v) is 1.90. The number of carbonyl (C=O) groups excluding carboxylic acids is 1. The lowest BCUT2D eigenvalue weighted by Crippen LogP contribution is -2.53. The molecule has 0 aromatic carbocycles. The second-order valence-electron chi connectivity index (χ2n) is 3.71. The minimum atomic E-state index is -4.37. The van der Waals surface area contributed by atoms with Gasteiger partial charge in [0.1, 0.15) is 0 Å². The van der Waals surface area contributed by atoms with Gasteiger partial charge < -0.3 is 10.4 Å². The molecular formula is C8H12F3NO2. The van der Waals surface area contributed by atoms with E-state index in [1.807, 2.05) is 0 Å². The Morgan fingerprint density at radius 1 is 1.57 bits per heavy atom. The molecule has 0 unspecified atom stereocenters. The number of aliphatic hydroxyl groups excluding tert-OH is 1. The number of halogens is 3. The number of nitrogens with one attached hydrogen (secondary N) is 1. The number of rotatable bonds is 2. The zero-order chi connectivity index (χ0) is 11.0. The summed E-state index contributed by atoms with van der Waals surface area (Å²) in [5, 5.41) is 11.2. The molecule has 1 amide bonds. The molecule has 82 valence electrons. The van der Waals surface area contributed by atoms with Gasteiger partial charge in [0.25, 0.3) is 0 Å². The van der Waals surface area contributed by atoms with Crippen molar-refractivity contribution in [2.45, 2.75) is 31.5 Å². The van der Waals surface area contributed by atoms with E-state index >= 15 is 0 Å². The van der Waals surface area contributed by atoms with Crippen molar-refractivity contribution in [1.29, 1.82) is 0 Å². The van der Waals surface area contributed by atoms with Crippen molar-refractivity contribution in [1.82, 2.24) is 5.32 Å². The van der Waals surface area contributed by atoms with Crippen molar-refractivity contribution in [3.8, 4) is 0 Å². The molecule has 0 spiro atoms. The summed E-state index contributed by atoms with van der Waals surface area (Å²) in [5.74, 6) is -0.639. The van der Waals surface area contributed by atoms with E-state index in [-0.39, 0.29) is 12.8 Å². The highest BCUT2D eigenvalue weighted by atomic mass is 19.4. The maximum Gasteiger partial charge on any atom is 0.390 e. The third-order valence-electron chi connectivity index (χ3n) is 2.50. The maximum absolute atomic E-state index is 12.1. The first-order valence-corrected chi connectivity index (χ1v) is 4.26. The molecule has 1 fully saturated rings. The van der Waals surface area contributed by atoms with Crippen LogP contribution >= 0.6 is 0 Å². The van der Waals surface area contributed by atoms with Gasteiger partial charge in [0, 0.05) is 7.05 Å². The van der Waals surface area contributed by atoms with Crippen molar-refractivity contribution in [2.24, 2.45) is 5.41 Å². The number of hydrogen-bond acceptors (Lipinski definition) is 2. The molecule has 1 rings (SSSR count). The van der Waals surface area contributed by atoms with E-state index in [0.29, 0.717) is 0 Å². The number of alkyl halides is 3. The minimum Gasteiger partial charge on any atom is -0.393 e. The summed E-state index contributed by atoms with van der Waals surface area (Å²) < 4.78 is 36.4. The highest BCUT2D eigenvalue weighted by molar-refractivity contribution is 5.83. The van der Waals surface area contributed by atoms with E-state index in [1.165, 1.54) is 7.05 Å². The van der Waals surface area contributed by atoms with Gasteiger partial charge in [-0.15, -0.1) is 0 Å². The first kappa shape index (κ1) is 11.3. The predicted molar refractivity (Wildman–Crippen MR) is 42.4 cm³/mol. The standard InChI is InChI=1S/C8H12F3NO2/c1-12-6(14)7(2-5(13)3-7)4-8(9,10)11/h5,13H,2-4H2,1H3,(H,12,14). The molecule has 0 aromatic heterocycles. The summed E-state index contributed by atoms with van der Waals surface area (Å²) in [6.07, 6.45) is -6.52. The van der Waals surface area contributed by atoms with Gasteiger partial charge in [-0.3, -0.25) is 4.79 Å². The lowest BCUT2D eigenvalue weighted by atomic mass is 9.64. The summed E-state index contributed by atoms with van der Waals surface area (Å²) in [5.41, 5.74) is -1.44. The predicted octanol–water partition coefficient (Wildman–Crippen LogP) is 0.826. The van der Waals surface area contributed by atoms with Crippen LogP contribution in [0.5, 0.6) is 0 Å². The van der Waals surface area contributed by atoms with Gasteiger partial charge in [0.2, 0.25) is 5.91 Å². The number of aliphatic hydroxyl groups is 1. The molecule has 1 saturated carbocycles. The van der Waals surface area contributed by atoms with Crippen molar-refractivity contribution in [3.63, 3.8) is 0 Å². The molecule has 14 heavy (non-hydrogen) atoms. The van der Waals surface area contributed by atoms with Gasteiger partial charge in [-0.05, 0) is 12.8 Å². The lowest BCUT2D eigenvalue weighted by molar-refractivity contribution is -0.190. The smallest absolute Gasteiger partial charge is 0.390 e. The van der Waals surface area contributed by atoms with Crippen LogP contribution in [0.3, 0.4) is 0 Å². The molecular weight excluding hydrogens is 199 g/mol. The summed E-state index contributed by atoms with van der Waals surface area (Å²) in [4.78, 5) is 11.2. The largest absolute Gasteiger partial charge is 0.393 e. The van der Waals surface area contributed by atoms with Crippen LogP contribution in [0.25, 0.3) is 0 Å². The number of hydrogen-bond donors (Lipinski definition) is 2. The first-order valence-electron chi connectivity index (χ1n) is 4.26. The zero-order valence-corrected chi connectivity index (χ0v) is 7.69. The molecule has 1 aliphatic rings. The Bertz CT molecular complexity index is 233. The van der Waals surface area contributed by atoms with E-state index in [9.17, 15) is 18.0 Å². The van der Waals surface area contributed by atoms with E-state index < -0.39 is 30.0 Å². The van der Waals surface area contributed by atoms with Crippen LogP contribution in [-0.2, 0) is 4.79 Å². The summed E-state index contributed by atoms with van der Waals surface area (Å²) in [7, 11) is 1.30.